The summed E-state index contributed by atoms with van der Waals surface area (Å²) in [5, 5.41) is 4.15. The molecule has 0 aliphatic heterocycles. The monoisotopic (exact) mass is 196 g/mol. The Morgan fingerprint density at radius 1 is 1.64 bits per heavy atom. The molecule has 0 saturated carbocycles. The summed E-state index contributed by atoms with van der Waals surface area (Å²) in [4.78, 5) is 0. The molecular weight excluding hydrogens is 176 g/mol. The highest BCUT2D eigenvalue weighted by molar-refractivity contribution is 5.07. The lowest BCUT2D eigenvalue weighted by Crippen LogP contribution is -2.33. The summed E-state index contributed by atoms with van der Waals surface area (Å²) < 4.78 is 1.87. The zero-order valence-electron chi connectivity index (χ0n) is 9.20. The van der Waals surface area contributed by atoms with Crippen molar-refractivity contribution in [3.8, 4) is 0 Å². The van der Waals surface area contributed by atoms with Crippen LogP contribution in [0.4, 0.5) is 0 Å². The first-order chi connectivity index (χ1) is 6.70. The molecule has 0 aromatic carbocycles. The highest BCUT2D eigenvalue weighted by atomic mass is 15.3. The summed E-state index contributed by atoms with van der Waals surface area (Å²) in [7, 11) is 1.94. The molecule has 0 fully saturated rings. The lowest BCUT2D eigenvalue weighted by atomic mass is 9.95. The quantitative estimate of drug-likeness (QED) is 0.552. The van der Waals surface area contributed by atoms with Crippen LogP contribution in [0.5, 0.6) is 0 Å². The van der Waals surface area contributed by atoms with Crippen LogP contribution in [-0.2, 0) is 7.05 Å². The van der Waals surface area contributed by atoms with Gasteiger partial charge in [0.15, 0.2) is 0 Å². The molecule has 0 spiro atoms. The molecule has 4 heteroatoms. The number of hydrazine groups is 1. The molecule has 80 valence electrons. The van der Waals surface area contributed by atoms with E-state index in [4.69, 9.17) is 5.84 Å². The van der Waals surface area contributed by atoms with Crippen molar-refractivity contribution in [3.63, 3.8) is 0 Å². The largest absolute Gasteiger partial charge is 0.271 e. The second-order valence-electron chi connectivity index (χ2n) is 3.79. The Morgan fingerprint density at radius 3 is 2.79 bits per heavy atom. The van der Waals surface area contributed by atoms with E-state index in [0.29, 0.717) is 5.92 Å². The van der Waals surface area contributed by atoms with Crippen molar-refractivity contribution >= 4 is 0 Å². The summed E-state index contributed by atoms with van der Waals surface area (Å²) in [5.41, 5.74) is 4.02. The zero-order chi connectivity index (χ0) is 10.6. The third kappa shape index (κ3) is 2.33. The smallest absolute Gasteiger partial charge is 0.0654 e. The van der Waals surface area contributed by atoms with Gasteiger partial charge in [-0.05, 0) is 18.4 Å². The first kappa shape index (κ1) is 11.2. The topological polar surface area (TPSA) is 55.9 Å². The average Bonchev–Trinajstić information content (AvgIpc) is 2.54. The Bertz CT molecular complexity index is 269. The number of rotatable bonds is 5. The predicted molar refractivity (Wildman–Crippen MR) is 57.3 cm³/mol. The number of hydrogen-bond acceptors (Lipinski definition) is 3. The Hall–Kier alpha value is -0.870. The fourth-order valence-electron chi connectivity index (χ4n) is 1.85. The number of nitrogens with zero attached hydrogens (tertiary/aromatic N) is 2. The molecule has 0 aliphatic carbocycles. The molecule has 2 unspecified atom stereocenters. The molecule has 0 saturated heterocycles. The van der Waals surface area contributed by atoms with Gasteiger partial charge in [-0.3, -0.25) is 16.0 Å². The number of nitrogens with two attached hydrogens (primary N) is 1. The lowest BCUT2D eigenvalue weighted by Gasteiger charge is -2.22. The van der Waals surface area contributed by atoms with Crippen LogP contribution in [-0.4, -0.2) is 9.78 Å². The van der Waals surface area contributed by atoms with Crippen molar-refractivity contribution in [3.05, 3.63) is 18.0 Å². The maximum absolute atomic E-state index is 5.57. The van der Waals surface area contributed by atoms with E-state index in [2.05, 4.69) is 24.4 Å². The van der Waals surface area contributed by atoms with Crippen molar-refractivity contribution in [2.24, 2.45) is 18.8 Å². The fourth-order valence-corrected chi connectivity index (χ4v) is 1.85. The first-order valence-electron chi connectivity index (χ1n) is 5.14. The summed E-state index contributed by atoms with van der Waals surface area (Å²) in [6.07, 6.45) is 4.15. The van der Waals surface area contributed by atoms with Crippen molar-refractivity contribution in [1.82, 2.24) is 15.2 Å². The summed E-state index contributed by atoms with van der Waals surface area (Å²) >= 11 is 0. The van der Waals surface area contributed by atoms with Crippen LogP contribution in [0.3, 0.4) is 0 Å². The molecule has 0 bridgehead atoms. The van der Waals surface area contributed by atoms with Gasteiger partial charge < -0.3 is 0 Å². The van der Waals surface area contributed by atoms with E-state index >= 15 is 0 Å². The number of aryl methyl sites for hydroxylation is 1. The van der Waals surface area contributed by atoms with Crippen LogP contribution in [0.15, 0.2) is 12.3 Å². The first-order valence-corrected chi connectivity index (χ1v) is 5.14. The molecule has 1 aromatic rings. The van der Waals surface area contributed by atoms with Gasteiger partial charge in [-0.15, -0.1) is 0 Å². The van der Waals surface area contributed by atoms with Crippen LogP contribution in [0.1, 0.15) is 38.4 Å². The van der Waals surface area contributed by atoms with Gasteiger partial charge in [0.05, 0.1) is 11.7 Å². The minimum Gasteiger partial charge on any atom is -0.271 e. The predicted octanol–water partition coefficient (Wildman–Crippen LogP) is 1.36. The van der Waals surface area contributed by atoms with Gasteiger partial charge in [-0.25, -0.2) is 0 Å². The third-order valence-corrected chi connectivity index (χ3v) is 2.67. The van der Waals surface area contributed by atoms with E-state index in [1.54, 1.807) is 6.20 Å². The van der Waals surface area contributed by atoms with Gasteiger partial charge in [0.1, 0.15) is 0 Å². The van der Waals surface area contributed by atoms with E-state index in [-0.39, 0.29) is 6.04 Å². The SMILES string of the molecule is CCCC(C)C(NN)c1ccnn1C. The highest BCUT2D eigenvalue weighted by Gasteiger charge is 2.19. The van der Waals surface area contributed by atoms with Crippen molar-refractivity contribution in [1.29, 1.82) is 0 Å². The molecule has 14 heavy (non-hydrogen) atoms. The summed E-state index contributed by atoms with van der Waals surface area (Å²) in [5.74, 6) is 6.10. The van der Waals surface area contributed by atoms with Crippen LogP contribution in [0.25, 0.3) is 0 Å². The molecule has 0 aliphatic rings. The van der Waals surface area contributed by atoms with Crippen LogP contribution >= 0.6 is 0 Å². The van der Waals surface area contributed by atoms with E-state index in [1.807, 2.05) is 17.8 Å². The van der Waals surface area contributed by atoms with Gasteiger partial charge in [-0.2, -0.15) is 5.10 Å². The van der Waals surface area contributed by atoms with Crippen LogP contribution in [0.2, 0.25) is 0 Å². The normalized spacial score (nSPS) is 15.4. The van der Waals surface area contributed by atoms with Gasteiger partial charge >= 0.3 is 0 Å². The maximum Gasteiger partial charge on any atom is 0.0654 e. The molecule has 2 atom stereocenters. The average molecular weight is 196 g/mol. The number of aromatic nitrogens is 2. The Kier molecular flexibility index (Phi) is 4.10. The molecule has 1 heterocycles. The Morgan fingerprint density at radius 2 is 2.36 bits per heavy atom. The van der Waals surface area contributed by atoms with E-state index in [9.17, 15) is 0 Å². The van der Waals surface area contributed by atoms with Crippen molar-refractivity contribution in [2.75, 3.05) is 0 Å². The molecule has 0 radical (unpaired) electrons. The second-order valence-corrected chi connectivity index (χ2v) is 3.79. The molecular formula is C10H20N4. The number of nitrogens with one attached hydrogen (secondary N) is 1. The summed E-state index contributed by atoms with van der Waals surface area (Å²) in [6, 6.07) is 2.21. The minimum absolute atomic E-state index is 0.197. The molecule has 4 nitrogen and oxygen atoms in total. The van der Waals surface area contributed by atoms with Crippen LogP contribution < -0.4 is 11.3 Å². The van der Waals surface area contributed by atoms with E-state index < -0.39 is 0 Å². The second kappa shape index (κ2) is 5.12. The Labute approximate surface area is 85.5 Å². The minimum atomic E-state index is 0.197. The van der Waals surface area contributed by atoms with Crippen molar-refractivity contribution in [2.45, 2.75) is 32.7 Å². The van der Waals surface area contributed by atoms with Gasteiger partial charge in [0.2, 0.25) is 0 Å². The lowest BCUT2D eigenvalue weighted by molar-refractivity contribution is 0.351. The summed E-state index contributed by atoms with van der Waals surface area (Å²) in [6.45, 7) is 4.40. The van der Waals surface area contributed by atoms with Gasteiger partial charge in [-0.1, -0.05) is 20.3 Å². The molecule has 1 aromatic heterocycles. The van der Waals surface area contributed by atoms with Gasteiger partial charge in [0.25, 0.3) is 0 Å². The third-order valence-electron chi connectivity index (χ3n) is 2.67. The standard InChI is InChI=1S/C10H20N4/c1-4-5-8(2)10(13-11)9-6-7-12-14(9)3/h6-8,10,13H,4-5,11H2,1-3H3. The van der Waals surface area contributed by atoms with Gasteiger partial charge in [0, 0.05) is 13.2 Å². The molecule has 3 N–H and O–H groups in total. The fraction of sp³-hybridized carbons (Fsp3) is 0.700. The Balaban J connectivity index is 2.76. The maximum atomic E-state index is 5.57. The molecule has 0 amide bonds. The van der Waals surface area contributed by atoms with Crippen LogP contribution in [0, 0.1) is 5.92 Å². The highest BCUT2D eigenvalue weighted by Crippen LogP contribution is 2.23. The molecule has 1 rings (SSSR count). The van der Waals surface area contributed by atoms with E-state index in [1.165, 1.54) is 12.8 Å². The number of hydrogen-bond donors (Lipinski definition) is 2. The van der Waals surface area contributed by atoms with E-state index in [0.717, 1.165) is 5.69 Å². The van der Waals surface area contributed by atoms with Crippen molar-refractivity contribution < 1.29 is 0 Å². The zero-order valence-corrected chi connectivity index (χ0v) is 9.20.